The van der Waals surface area contributed by atoms with E-state index < -0.39 is 0 Å². The largest absolute Gasteiger partial charge is 0.378 e. The number of aryl methyl sites for hydroxylation is 1. The molecule has 2 heteroatoms. The number of fused-ring (bicyclic) bond motifs is 2. The molecule has 0 saturated carbocycles. The molecule has 2 N–H and O–H groups in total. The van der Waals surface area contributed by atoms with Crippen molar-refractivity contribution in [3.05, 3.63) is 64.7 Å². The molecule has 2 atom stereocenters. The predicted octanol–water partition coefficient (Wildman–Crippen LogP) is 4.04. The molecule has 0 radical (unpaired) electrons. The van der Waals surface area contributed by atoms with Crippen LogP contribution >= 0.6 is 0 Å². The highest BCUT2D eigenvalue weighted by molar-refractivity contribution is 5.53. The maximum atomic E-state index is 3.77. The summed E-state index contributed by atoms with van der Waals surface area (Å²) < 4.78 is 0. The average molecular weight is 292 g/mol. The van der Waals surface area contributed by atoms with Gasteiger partial charge in [0.1, 0.15) is 0 Å². The van der Waals surface area contributed by atoms with Crippen LogP contribution in [0.1, 0.15) is 47.6 Å². The number of hydrogen-bond acceptors (Lipinski definition) is 2. The van der Waals surface area contributed by atoms with E-state index in [0.29, 0.717) is 12.0 Å². The Kier molecular flexibility index (Phi) is 3.63. The van der Waals surface area contributed by atoms with Crippen LogP contribution < -0.4 is 10.6 Å². The van der Waals surface area contributed by atoms with E-state index in [9.17, 15) is 0 Å². The topological polar surface area (TPSA) is 24.1 Å². The monoisotopic (exact) mass is 292 g/mol. The number of rotatable bonds is 2. The van der Waals surface area contributed by atoms with Crippen LogP contribution in [0.3, 0.4) is 0 Å². The molecule has 0 fully saturated rings. The van der Waals surface area contributed by atoms with E-state index in [1.165, 1.54) is 40.8 Å². The third-order valence-electron chi connectivity index (χ3n) is 5.17. The van der Waals surface area contributed by atoms with Crippen molar-refractivity contribution in [2.45, 2.75) is 38.1 Å². The van der Waals surface area contributed by atoms with E-state index in [2.05, 4.69) is 60.0 Å². The summed E-state index contributed by atoms with van der Waals surface area (Å²) in [6, 6.07) is 16.3. The fourth-order valence-electron chi connectivity index (χ4n) is 3.93. The molecule has 4 rings (SSSR count). The van der Waals surface area contributed by atoms with Crippen molar-refractivity contribution < 1.29 is 0 Å². The SMILES string of the molecule is C[C@@H]1CNCCc2ccc(N[C@@H]3CCc4ccccc43)cc21. The first-order valence-electron chi connectivity index (χ1n) is 8.49. The van der Waals surface area contributed by atoms with Crippen molar-refractivity contribution in [2.75, 3.05) is 18.4 Å². The van der Waals surface area contributed by atoms with Gasteiger partial charge in [0.05, 0.1) is 6.04 Å². The molecule has 1 heterocycles. The summed E-state index contributed by atoms with van der Waals surface area (Å²) in [5.74, 6) is 0.593. The fraction of sp³-hybridized carbons (Fsp3) is 0.400. The Morgan fingerprint density at radius 2 is 1.86 bits per heavy atom. The van der Waals surface area contributed by atoms with E-state index >= 15 is 0 Å². The van der Waals surface area contributed by atoms with E-state index in [4.69, 9.17) is 0 Å². The number of benzene rings is 2. The molecule has 2 aromatic carbocycles. The summed E-state index contributed by atoms with van der Waals surface area (Å²) in [4.78, 5) is 0. The zero-order chi connectivity index (χ0) is 14.9. The lowest BCUT2D eigenvalue weighted by atomic mass is 9.94. The van der Waals surface area contributed by atoms with Crippen molar-refractivity contribution in [3.8, 4) is 0 Å². The van der Waals surface area contributed by atoms with Gasteiger partial charge in [0.15, 0.2) is 0 Å². The maximum absolute atomic E-state index is 3.77. The fourth-order valence-corrected chi connectivity index (χ4v) is 3.93. The summed E-state index contributed by atoms with van der Waals surface area (Å²) in [6.45, 7) is 4.51. The molecule has 0 saturated heterocycles. The van der Waals surface area contributed by atoms with Gasteiger partial charge in [-0.05, 0) is 66.1 Å². The van der Waals surface area contributed by atoms with Gasteiger partial charge in [-0.1, -0.05) is 37.3 Å². The molecule has 0 amide bonds. The molecule has 114 valence electrons. The van der Waals surface area contributed by atoms with Crippen LogP contribution in [-0.4, -0.2) is 13.1 Å². The highest BCUT2D eigenvalue weighted by Gasteiger charge is 2.22. The zero-order valence-electron chi connectivity index (χ0n) is 13.2. The normalized spacial score (nSPS) is 23.5. The lowest BCUT2D eigenvalue weighted by molar-refractivity contribution is 0.644. The van der Waals surface area contributed by atoms with Gasteiger partial charge < -0.3 is 10.6 Å². The summed E-state index contributed by atoms with van der Waals surface area (Å²) in [5.41, 5.74) is 7.28. The minimum atomic E-state index is 0.466. The molecule has 2 aromatic rings. The lowest BCUT2D eigenvalue weighted by Crippen LogP contribution is -2.18. The lowest BCUT2D eigenvalue weighted by Gasteiger charge is -2.19. The second kappa shape index (κ2) is 5.77. The Bertz CT molecular complexity index is 677. The molecule has 2 aliphatic rings. The van der Waals surface area contributed by atoms with Crippen molar-refractivity contribution in [2.24, 2.45) is 0 Å². The van der Waals surface area contributed by atoms with E-state index in [0.717, 1.165) is 19.5 Å². The third kappa shape index (κ3) is 2.52. The predicted molar refractivity (Wildman–Crippen MR) is 92.6 cm³/mol. The Morgan fingerprint density at radius 3 is 2.82 bits per heavy atom. The van der Waals surface area contributed by atoms with Gasteiger partial charge in [-0.25, -0.2) is 0 Å². The number of nitrogens with one attached hydrogen (secondary N) is 2. The average Bonchev–Trinajstić information content (AvgIpc) is 2.86. The molecular weight excluding hydrogens is 268 g/mol. The van der Waals surface area contributed by atoms with Crippen molar-refractivity contribution in [1.29, 1.82) is 0 Å². The molecule has 0 bridgehead atoms. The molecule has 1 aliphatic heterocycles. The Morgan fingerprint density at radius 1 is 1.00 bits per heavy atom. The smallest absolute Gasteiger partial charge is 0.0519 e. The molecule has 0 spiro atoms. The molecule has 0 unspecified atom stereocenters. The third-order valence-corrected chi connectivity index (χ3v) is 5.17. The number of hydrogen-bond donors (Lipinski definition) is 2. The highest BCUT2D eigenvalue weighted by atomic mass is 14.9. The highest BCUT2D eigenvalue weighted by Crippen LogP contribution is 2.34. The van der Waals surface area contributed by atoms with Crippen LogP contribution in [0.4, 0.5) is 5.69 Å². The second-order valence-corrected chi connectivity index (χ2v) is 6.70. The van der Waals surface area contributed by atoms with E-state index in [1.807, 2.05) is 0 Å². The molecular formula is C20H24N2. The van der Waals surface area contributed by atoms with Crippen molar-refractivity contribution in [1.82, 2.24) is 5.32 Å². The van der Waals surface area contributed by atoms with Crippen LogP contribution in [0.25, 0.3) is 0 Å². The number of anilines is 1. The maximum Gasteiger partial charge on any atom is 0.0519 e. The van der Waals surface area contributed by atoms with Gasteiger partial charge in [0.25, 0.3) is 0 Å². The molecule has 22 heavy (non-hydrogen) atoms. The first-order valence-corrected chi connectivity index (χ1v) is 8.49. The van der Waals surface area contributed by atoms with Crippen LogP contribution in [-0.2, 0) is 12.8 Å². The van der Waals surface area contributed by atoms with Crippen LogP contribution in [0.2, 0.25) is 0 Å². The summed E-state index contributed by atoms with van der Waals surface area (Å²) in [7, 11) is 0. The van der Waals surface area contributed by atoms with Crippen LogP contribution in [0.15, 0.2) is 42.5 Å². The molecule has 1 aliphatic carbocycles. The van der Waals surface area contributed by atoms with Crippen LogP contribution in [0, 0.1) is 0 Å². The summed E-state index contributed by atoms with van der Waals surface area (Å²) in [5, 5.41) is 7.30. The Hall–Kier alpha value is -1.80. The van der Waals surface area contributed by atoms with Gasteiger partial charge in [-0.3, -0.25) is 0 Å². The standard InChI is InChI=1S/C20H24N2/c1-14-13-21-11-10-16-6-8-17(12-19(14)16)22-20-9-7-15-4-2-3-5-18(15)20/h2-6,8,12,14,20-22H,7,9-11,13H2,1H3/t14-,20-/m1/s1. The van der Waals surface area contributed by atoms with Gasteiger partial charge >= 0.3 is 0 Å². The Labute approximate surface area is 132 Å². The second-order valence-electron chi connectivity index (χ2n) is 6.70. The summed E-state index contributed by atoms with van der Waals surface area (Å²) >= 11 is 0. The van der Waals surface area contributed by atoms with Gasteiger partial charge in [0, 0.05) is 12.2 Å². The van der Waals surface area contributed by atoms with Gasteiger partial charge in [-0.15, -0.1) is 0 Å². The van der Waals surface area contributed by atoms with E-state index in [-0.39, 0.29) is 0 Å². The van der Waals surface area contributed by atoms with Crippen LogP contribution in [0.5, 0.6) is 0 Å². The molecule has 0 aromatic heterocycles. The van der Waals surface area contributed by atoms with Crippen molar-refractivity contribution >= 4 is 5.69 Å². The zero-order valence-corrected chi connectivity index (χ0v) is 13.2. The molecule has 2 nitrogen and oxygen atoms in total. The summed E-state index contributed by atoms with van der Waals surface area (Å²) in [6.07, 6.45) is 3.54. The van der Waals surface area contributed by atoms with Gasteiger partial charge in [0.2, 0.25) is 0 Å². The first kappa shape index (κ1) is 13.8. The van der Waals surface area contributed by atoms with Gasteiger partial charge in [-0.2, -0.15) is 0 Å². The minimum absolute atomic E-state index is 0.466. The van der Waals surface area contributed by atoms with E-state index in [1.54, 1.807) is 0 Å². The quantitative estimate of drug-likeness (QED) is 0.873. The Balaban J connectivity index is 1.60. The first-order chi connectivity index (χ1) is 10.8. The minimum Gasteiger partial charge on any atom is -0.378 e. The van der Waals surface area contributed by atoms with Crippen molar-refractivity contribution in [3.63, 3.8) is 0 Å².